The summed E-state index contributed by atoms with van der Waals surface area (Å²) in [5.41, 5.74) is 0. The predicted octanol–water partition coefficient (Wildman–Crippen LogP) is 3.75. The van der Waals surface area contributed by atoms with Gasteiger partial charge in [0.1, 0.15) is 0 Å². The predicted molar refractivity (Wildman–Crippen MR) is 62.5 cm³/mol. The lowest BCUT2D eigenvalue weighted by Crippen LogP contribution is -2.33. The fraction of sp³-hybridized carbons (Fsp3) is 0.636. The molecule has 0 aromatic carbocycles. The summed E-state index contributed by atoms with van der Waals surface area (Å²) in [7, 11) is -1.52. The second kappa shape index (κ2) is 7.10. The lowest BCUT2D eigenvalue weighted by molar-refractivity contribution is 0.298. The van der Waals surface area contributed by atoms with Gasteiger partial charge >= 0.3 is 0 Å². The van der Waals surface area contributed by atoms with Crippen molar-refractivity contribution in [2.24, 2.45) is 0 Å². The topological polar surface area (TPSA) is 9.23 Å². The van der Waals surface area contributed by atoms with Gasteiger partial charge in [0.05, 0.1) is 0 Å². The van der Waals surface area contributed by atoms with Crippen molar-refractivity contribution in [3.63, 3.8) is 0 Å². The van der Waals surface area contributed by atoms with Gasteiger partial charge in [0.15, 0.2) is 8.32 Å². The van der Waals surface area contributed by atoms with Gasteiger partial charge in [0.25, 0.3) is 0 Å². The molecule has 0 fully saturated rings. The molecule has 2 heteroatoms. The van der Waals surface area contributed by atoms with Crippen LogP contribution in [0.4, 0.5) is 0 Å². The van der Waals surface area contributed by atoms with E-state index in [0.717, 1.165) is 25.1 Å². The molecule has 0 spiro atoms. The van der Waals surface area contributed by atoms with E-state index in [1.54, 1.807) is 0 Å². The number of allylic oxidation sites excluding steroid dienone is 2. The molecule has 0 rings (SSSR count). The van der Waals surface area contributed by atoms with Crippen LogP contribution in [0, 0.1) is 0 Å². The molecule has 0 unspecified atom stereocenters. The fourth-order valence-electron chi connectivity index (χ4n) is 1.27. The molecule has 0 aromatic rings. The van der Waals surface area contributed by atoms with Gasteiger partial charge < -0.3 is 4.43 Å². The first-order valence-electron chi connectivity index (χ1n) is 5.04. The molecular formula is C11H22OSi. The Labute approximate surface area is 83.6 Å². The van der Waals surface area contributed by atoms with Crippen LogP contribution in [-0.2, 0) is 4.43 Å². The molecule has 76 valence electrons. The molecule has 1 nitrogen and oxygen atoms in total. The minimum Gasteiger partial charge on any atom is -0.416 e. The molecule has 0 atom stereocenters. The Bertz CT molecular complexity index is 144. The number of rotatable bonds is 8. The summed E-state index contributed by atoms with van der Waals surface area (Å²) in [6.07, 6.45) is 6.31. The van der Waals surface area contributed by atoms with Crippen molar-refractivity contribution in [3.05, 3.63) is 25.3 Å². The van der Waals surface area contributed by atoms with Gasteiger partial charge in [0.2, 0.25) is 0 Å². The van der Waals surface area contributed by atoms with E-state index >= 15 is 0 Å². The lowest BCUT2D eigenvalue weighted by Gasteiger charge is -2.24. The van der Waals surface area contributed by atoms with Gasteiger partial charge in [-0.2, -0.15) is 0 Å². The van der Waals surface area contributed by atoms with Gasteiger partial charge in [-0.1, -0.05) is 25.5 Å². The van der Waals surface area contributed by atoms with Crippen LogP contribution >= 0.6 is 0 Å². The molecule has 0 bridgehead atoms. The quantitative estimate of drug-likeness (QED) is 0.328. The molecule has 0 heterocycles. The molecule has 0 aromatic heterocycles. The SMILES string of the molecule is C=CC[Si](C)(CC=C)OCCCC. The first kappa shape index (κ1) is 12.7. The van der Waals surface area contributed by atoms with Crippen molar-refractivity contribution in [3.8, 4) is 0 Å². The first-order chi connectivity index (χ1) is 6.18. The van der Waals surface area contributed by atoms with Crippen LogP contribution in [0.2, 0.25) is 18.6 Å². The Morgan fingerprint density at radius 3 is 2.15 bits per heavy atom. The Kier molecular flexibility index (Phi) is 6.91. The van der Waals surface area contributed by atoms with Gasteiger partial charge in [-0.15, -0.1) is 13.2 Å². The second-order valence-corrected chi connectivity index (χ2v) is 7.64. The number of hydrogen-bond acceptors (Lipinski definition) is 1. The highest BCUT2D eigenvalue weighted by Gasteiger charge is 2.25. The summed E-state index contributed by atoms with van der Waals surface area (Å²) < 4.78 is 5.95. The third-order valence-electron chi connectivity index (χ3n) is 2.10. The molecule has 0 radical (unpaired) electrons. The van der Waals surface area contributed by atoms with Gasteiger partial charge in [-0.3, -0.25) is 0 Å². The van der Waals surface area contributed by atoms with E-state index in [-0.39, 0.29) is 0 Å². The molecule has 0 saturated carbocycles. The summed E-state index contributed by atoms with van der Waals surface area (Å²) in [5, 5.41) is 0. The number of unbranched alkanes of at least 4 members (excludes halogenated alkanes) is 1. The Hall–Kier alpha value is -0.343. The zero-order chi connectivity index (χ0) is 10.2. The average Bonchev–Trinajstić information content (AvgIpc) is 2.05. The molecule has 0 aliphatic rings. The maximum absolute atomic E-state index is 5.95. The summed E-state index contributed by atoms with van der Waals surface area (Å²) in [6.45, 7) is 12.9. The molecule has 0 saturated heterocycles. The van der Waals surface area contributed by atoms with Crippen molar-refractivity contribution in [2.45, 2.75) is 38.4 Å². The van der Waals surface area contributed by atoms with Gasteiger partial charge in [0, 0.05) is 6.61 Å². The highest BCUT2D eigenvalue weighted by Crippen LogP contribution is 2.18. The summed E-state index contributed by atoms with van der Waals surface area (Å²) in [4.78, 5) is 0. The Morgan fingerprint density at radius 1 is 1.23 bits per heavy atom. The fourth-order valence-corrected chi connectivity index (χ4v) is 3.54. The second-order valence-electron chi connectivity index (χ2n) is 3.64. The zero-order valence-corrected chi connectivity index (χ0v) is 10.0. The van der Waals surface area contributed by atoms with Crippen LogP contribution in [0.15, 0.2) is 25.3 Å². The van der Waals surface area contributed by atoms with Crippen LogP contribution in [0.5, 0.6) is 0 Å². The smallest absolute Gasteiger partial charge is 0.197 e. The van der Waals surface area contributed by atoms with Crippen molar-refractivity contribution in [2.75, 3.05) is 6.61 Å². The molecule has 13 heavy (non-hydrogen) atoms. The molecule has 0 aliphatic heterocycles. The van der Waals surface area contributed by atoms with Gasteiger partial charge in [-0.25, -0.2) is 0 Å². The third-order valence-corrected chi connectivity index (χ3v) is 5.31. The lowest BCUT2D eigenvalue weighted by atomic mass is 10.4. The van der Waals surface area contributed by atoms with Crippen LogP contribution in [-0.4, -0.2) is 14.9 Å². The van der Waals surface area contributed by atoms with Crippen molar-refractivity contribution >= 4 is 8.32 Å². The maximum atomic E-state index is 5.95. The van der Waals surface area contributed by atoms with E-state index in [4.69, 9.17) is 4.43 Å². The maximum Gasteiger partial charge on any atom is 0.197 e. The van der Waals surface area contributed by atoms with Crippen molar-refractivity contribution in [1.29, 1.82) is 0 Å². The van der Waals surface area contributed by atoms with E-state index < -0.39 is 8.32 Å². The van der Waals surface area contributed by atoms with Crippen molar-refractivity contribution < 1.29 is 4.43 Å². The first-order valence-corrected chi connectivity index (χ1v) is 7.86. The van der Waals surface area contributed by atoms with Crippen LogP contribution < -0.4 is 0 Å². The van der Waals surface area contributed by atoms with Crippen molar-refractivity contribution in [1.82, 2.24) is 0 Å². The Morgan fingerprint density at radius 2 is 1.77 bits per heavy atom. The minimum absolute atomic E-state index is 0.904. The Balaban J connectivity index is 3.90. The standard InChI is InChI=1S/C11H22OSi/c1-5-8-9-12-13(4,10-6-2)11-7-3/h6-7H,2-3,5,8-11H2,1,4H3. The highest BCUT2D eigenvalue weighted by molar-refractivity contribution is 6.73. The van der Waals surface area contributed by atoms with E-state index in [0.29, 0.717) is 0 Å². The normalized spacial score (nSPS) is 11.2. The van der Waals surface area contributed by atoms with E-state index in [1.807, 2.05) is 12.2 Å². The van der Waals surface area contributed by atoms with Gasteiger partial charge in [-0.05, 0) is 25.1 Å². The minimum atomic E-state index is -1.52. The van der Waals surface area contributed by atoms with Crippen LogP contribution in [0.1, 0.15) is 19.8 Å². The van der Waals surface area contributed by atoms with E-state index in [9.17, 15) is 0 Å². The summed E-state index contributed by atoms with van der Waals surface area (Å²) >= 11 is 0. The molecule has 0 amide bonds. The summed E-state index contributed by atoms with van der Waals surface area (Å²) in [6, 6.07) is 2.06. The van der Waals surface area contributed by atoms with Crippen LogP contribution in [0.3, 0.4) is 0 Å². The van der Waals surface area contributed by atoms with E-state index in [1.165, 1.54) is 6.42 Å². The van der Waals surface area contributed by atoms with E-state index in [2.05, 4.69) is 26.6 Å². The molecular weight excluding hydrogens is 176 g/mol. The molecule has 0 aliphatic carbocycles. The highest BCUT2D eigenvalue weighted by atomic mass is 28.4. The average molecular weight is 198 g/mol. The largest absolute Gasteiger partial charge is 0.416 e. The third kappa shape index (κ3) is 5.83. The zero-order valence-electron chi connectivity index (χ0n) is 9.01. The number of hydrogen-bond donors (Lipinski definition) is 0. The monoisotopic (exact) mass is 198 g/mol. The van der Waals surface area contributed by atoms with Crippen LogP contribution in [0.25, 0.3) is 0 Å². The molecule has 0 N–H and O–H groups in total. The summed E-state index contributed by atoms with van der Waals surface area (Å²) in [5.74, 6) is 0.